The molecule has 13 heavy (non-hydrogen) atoms. The Labute approximate surface area is 80.3 Å². The summed E-state index contributed by atoms with van der Waals surface area (Å²) in [7, 11) is 0. The van der Waals surface area contributed by atoms with Gasteiger partial charge in [-0.1, -0.05) is 6.42 Å². The fourth-order valence-electron chi connectivity index (χ4n) is 2.68. The SMILES string of the molecule is OC1CCCC(C2CCCCO2)C1. The molecule has 1 N–H and O–H groups in total. The fraction of sp³-hybridized carbons (Fsp3) is 1.00. The molecule has 0 aromatic rings. The predicted octanol–water partition coefficient (Wildman–Crippen LogP) is 2.11. The van der Waals surface area contributed by atoms with Crippen molar-refractivity contribution in [2.45, 2.75) is 57.2 Å². The number of hydrogen-bond acceptors (Lipinski definition) is 2. The minimum absolute atomic E-state index is 0.0516. The molecule has 0 amide bonds. The highest BCUT2D eigenvalue weighted by Gasteiger charge is 2.29. The topological polar surface area (TPSA) is 29.5 Å². The van der Waals surface area contributed by atoms with Crippen LogP contribution in [0.3, 0.4) is 0 Å². The Morgan fingerprint density at radius 1 is 1.00 bits per heavy atom. The number of aliphatic hydroxyl groups is 1. The van der Waals surface area contributed by atoms with Crippen LogP contribution in [-0.2, 0) is 4.74 Å². The molecule has 0 aromatic carbocycles. The van der Waals surface area contributed by atoms with Gasteiger partial charge in [-0.2, -0.15) is 0 Å². The van der Waals surface area contributed by atoms with Gasteiger partial charge in [0, 0.05) is 6.61 Å². The molecule has 2 aliphatic rings. The zero-order valence-electron chi connectivity index (χ0n) is 8.24. The summed E-state index contributed by atoms with van der Waals surface area (Å²) in [6.07, 6.45) is 8.61. The summed E-state index contributed by atoms with van der Waals surface area (Å²) in [5.74, 6) is 0.643. The fourth-order valence-corrected chi connectivity index (χ4v) is 2.68. The molecule has 0 aromatic heterocycles. The lowest BCUT2D eigenvalue weighted by molar-refractivity contribution is -0.0470. The Kier molecular flexibility index (Phi) is 3.23. The van der Waals surface area contributed by atoms with Crippen LogP contribution in [-0.4, -0.2) is 23.9 Å². The van der Waals surface area contributed by atoms with Gasteiger partial charge in [0.05, 0.1) is 12.2 Å². The first-order chi connectivity index (χ1) is 6.36. The molecule has 3 unspecified atom stereocenters. The second-order valence-corrected chi connectivity index (χ2v) is 4.49. The first-order valence-corrected chi connectivity index (χ1v) is 5.66. The summed E-state index contributed by atoms with van der Waals surface area (Å²) in [5, 5.41) is 9.55. The van der Waals surface area contributed by atoms with E-state index in [1.54, 1.807) is 0 Å². The molecule has 1 aliphatic carbocycles. The molecule has 1 aliphatic heterocycles. The number of rotatable bonds is 1. The summed E-state index contributed by atoms with van der Waals surface area (Å²) < 4.78 is 5.75. The third-order valence-corrected chi connectivity index (χ3v) is 3.43. The van der Waals surface area contributed by atoms with E-state index >= 15 is 0 Å². The van der Waals surface area contributed by atoms with Crippen molar-refractivity contribution in [3.8, 4) is 0 Å². The van der Waals surface area contributed by atoms with Gasteiger partial charge in [0.2, 0.25) is 0 Å². The zero-order valence-corrected chi connectivity index (χ0v) is 8.24. The summed E-state index contributed by atoms with van der Waals surface area (Å²) in [4.78, 5) is 0. The first kappa shape index (κ1) is 9.47. The Hall–Kier alpha value is -0.0800. The molecule has 0 spiro atoms. The van der Waals surface area contributed by atoms with E-state index in [1.165, 1.54) is 32.1 Å². The van der Waals surface area contributed by atoms with Crippen molar-refractivity contribution in [1.29, 1.82) is 0 Å². The molecule has 2 rings (SSSR count). The molecule has 2 heteroatoms. The smallest absolute Gasteiger partial charge is 0.0604 e. The van der Waals surface area contributed by atoms with Gasteiger partial charge in [0.25, 0.3) is 0 Å². The molecular weight excluding hydrogens is 164 g/mol. The van der Waals surface area contributed by atoms with Crippen LogP contribution in [0.5, 0.6) is 0 Å². The average Bonchev–Trinajstić information content (AvgIpc) is 2.19. The van der Waals surface area contributed by atoms with E-state index in [0.29, 0.717) is 12.0 Å². The van der Waals surface area contributed by atoms with E-state index in [0.717, 1.165) is 19.4 Å². The van der Waals surface area contributed by atoms with Crippen molar-refractivity contribution in [1.82, 2.24) is 0 Å². The minimum Gasteiger partial charge on any atom is -0.393 e. The van der Waals surface area contributed by atoms with E-state index in [4.69, 9.17) is 4.74 Å². The number of ether oxygens (including phenoxy) is 1. The molecule has 1 saturated heterocycles. The van der Waals surface area contributed by atoms with E-state index < -0.39 is 0 Å². The van der Waals surface area contributed by atoms with E-state index in [2.05, 4.69) is 0 Å². The lowest BCUT2D eigenvalue weighted by atomic mass is 9.81. The van der Waals surface area contributed by atoms with Crippen LogP contribution in [0.25, 0.3) is 0 Å². The lowest BCUT2D eigenvalue weighted by Crippen LogP contribution is -2.33. The van der Waals surface area contributed by atoms with E-state index in [1.807, 2.05) is 0 Å². The van der Waals surface area contributed by atoms with Gasteiger partial charge in [-0.15, -0.1) is 0 Å². The summed E-state index contributed by atoms with van der Waals surface area (Å²) in [6, 6.07) is 0. The van der Waals surface area contributed by atoms with Crippen LogP contribution < -0.4 is 0 Å². The lowest BCUT2D eigenvalue weighted by Gasteiger charge is -2.34. The molecule has 3 atom stereocenters. The summed E-state index contributed by atoms with van der Waals surface area (Å²) in [6.45, 7) is 0.942. The Bertz CT molecular complexity index is 152. The summed E-state index contributed by atoms with van der Waals surface area (Å²) >= 11 is 0. The monoisotopic (exact) mass is 184 g/mol. The van der Waals surface area contributed by atoms with Gasteiger partial charge in [-0.05, 0) is 44.4 Å². The van der Waals surface area contributed by atoms with Gasteiger partial charge in [0.1, 0.15) is 0 Å². The molecule has 1 heterocycles. The Morgan fingerprint density at radius 3 is 2.62 bits per heavy atom. The van der Waals surface area contributed by atoms with E-state index in [-0.39, 0.29) is 6.10 Å². The van der Waals surface area contributed by atoms with Crippen LogP contribution in [0.2, 0.25) is 0 Å². The van der Waals surface area contributed by atoms with Crippen LogP contribution in [0.1, 0.15) is 44.9 Å². The quantitative estimate of drug-likeness (QED) is 0.676. The second-order valence-electron chi connectivity index (χ2n) is 4.49. The van der Waals surface area contributed by atoms with Crippen LogP contribution >= 0.6 is 0 Å². The molecule has 2 fully saturated rings. The van der Waals surface area contributed by atoms with Crippen molar-refractivity contribution in [3.63, 3.8) is 0 Å². The van der Waals surface area contributed by atoms with Gasteiger partial charge in [-0.3, -0.25) is 0 Å². The summed E-state index contributed by atoms with van der Waals surface area (Å²) in [5.41, 5.74) is 0. The van der Waals surface area contributed by atoms with Crippen molar-refractivity contribution < 1.29 is 9.84 Å². The molecule has 0 bridgehead atoms. The average molecular weight is 184 g/mol. The van der Waals surface area contributed by atoms with Crippen molar-refractivity contribution in [3.05, 3.63) is 0 Å². The maximum absolute atomic E-state index is 9.55. The maximum Gasteiger partial charge on any atom is 0.0604 e. The Balaban J connectivity index is 1.83. The second kappa shape index (κ2) is 4.43. The highest BCUT2D eigenvalue weighted by atomic mass is 16.5. The third-order valence-electron chi connectivity index (χ3n) is 3.43. The first-order valence-electron chi connectivity index (χ1n) is 5.66. The molecule has 1 saturated carbocycles. The highest BCUT2D eigenvalue weighted by molar-refractivity contribution is 4.80. The molecule has 76 valence electrons. The zero-order chi connectivity index (χ0) is 9.10. The largest absolute Gasteiger partial charge is 0.393 e. The normalized spacial score (nSPS) is 41.8. The minimum atomic E-state index is -0.0516. The van der Waals surface area contributed by atoms with Crippen molar-refractivity contribution in [2.24, 2.45) is 5.92 Å². The van der Waals surface area contributed by atoms with Crippen LogP contribution in [0.15, 0.2) is 0 Å². The van der Waals surface area contributed by atoms with Crippen molar-refractivity contribution in [2.75, 3.05) is 6.61 Å². The van der Waals surface area contributed by atoms with E-state index in [9.17, 15) is 5.11 Å². The van der Waals surface area contributed by atoms with Gasteiger partial charge in [0.15, 0.2) is 0 Å². The Morgan fingerprint density at radius 2 is 1.92 bits per heavy atom. The van der Waals surface area contributed by atoms with Crippen molar-refractivity contribution >= 4 is 0 Å². The maximum atomic E-state index is 9.55. The standard InChI is InChI=1S/C11H20O2/c12-10-5-3-4-9(8-10)11-6-1-2-7-13-11/h9-12H,1-8H2. The van der Waals surface area contributed by atoms with Gasteiger partial charge >= 0.3 is 0 Å². The number of hydrogen-bond donors (Lipinski definition) is 1. The predicted molar refractivity (Wildman–Crippen MR) is 51.6 cm³/mol. The number of aliphatic hydroxyl groups excluding tert-OH is 1. The highest BCUT2D eigenvalue weighted by Crippen LogP contribution is 2.32. The molecular formula is C11H20O2. The third kappa shape index (κ3) is 2.44. The van der Waals surface area contributed by atoms with Gasteiger partial charge in [-0.25, -0.2) is 0 Å². The van der Waals surface area contributed by atoms with Crippen LogP contribution in [0.4, 0.5) is 0 Å². The van der Waals surface area contributed by atoms with Gasteiger partial charge < -0.3 is 9.84 Å². The van der Waals surface area contributed by atoms with Crippen LogP contribution in [0, 0.1) is 5.92 Å². The molecule has 0 radical (unpaired) electrons. The molecule has 2 nitrogen and oxygen atoms in total.